The molecule has 6 heteroatoms. The summed E-state index contributed by atoms with van der Waals surface area (Å²) in [5.41, 5.74) is 17.2. The van der Waals surface area contributed by atoms with E-state index in [-0.39, 0.29) is 17.8 Å². The summed E-state index contributed by atoms with van der Waals surface area (Å²) in [4.78, 5) is 0. The number of nitrogens with two attached hydrogens (primary N) is 4. The van der Waals surface area contributed by atoms with Crippen molar-refractivity contribution < 1.29 is 5.17 Å². The molecule has 0 bridgehead atoms. The molecule has 1 aliphatic rings. The standard InChI is InChI=1S/C6H13N5O/c7-3-1-5(9)6(11(10)12)2-4(3)8/h1-4,11H,7-10H2. The van der Waals surface area contributed by atoms with Crippen LogP contribution in [0.4, 0.5) is 0 Å². The van der Waals surface area contributed by atoms with Crippen LogP contribution in [-0.2, 0) is 0 Å². The zero-order valence-electron chi connectivity index (χ0n) is 6.53. The van der Waals surface area contributed by atoms with Gasteiger partial charge in [0.1, 0.15) is 0 Å². The Hall–Kier alpha value is -0.920. The topological polar surface area (TPSA) is 132 Å². The van der Waals surface area contributed by atoms with E-state index in [9.17, 15) is 5.21 Å². The minimum Gasteiger partial charge on any atom is -0.608 e. The van der Waals surface area contributed by atoms with Crippen LogP contribution in [0, 0.1) is 5.21 Å². The van der Waals surface area contributed by atoms with Crippen molar-refractivity contribution in [2.24, 2.45) is 23.0 Å². The zero-order valence-corrected chi connectivity index (χ0v) is 6.53. The van der Waals surface area contributed by atoms with E-state index >= 15 is 0 Å². The van der Waals surface area contributed by atoms with Crippen LogP contribution in [0.3, 0.4) is 0 Å². The maximum absolute atomic E-state index is 10.8. The summed E-state index contributed by atoms with van der Waals surface area (Å²) in [6.07, 6.45) is 3.02. The number of nitrogens with one attached hydrogen (secondary N) is 1. The van der Waals surface area contributed by atoms with E-state index in [1.54, 1.807) is 0 Å². The predicted molar refractivity (Wildman–Crippen MR) is 44.8 cm³/mol. The fourth-order valence-electron chi connectivity index (χ4n) is 1.03. The minimum absolute atomic E-state index is 0.254. The van der Waals surface area contributed by atoms with Gasteiger partial charge in [0.25, 0.3) is 0 Å². The number of hydroxylamine groups is 1. The van der Waals surface area contributed by atoms with Crippen LogP contribution in [0.2, 0.25) is 0 Å². The maximum atomic E-state index is 10.8. The molecule has 6 nitrogen and oxygen atoms in total. The van der Waals surface area contributed by atoms with Crippen LogP contribution in [0.15, 0.2) is 23.5 Å². The number of hydrogen-bond acceptors (Lipinski definition) is 5. The molecule has 1 aliphatic carbocycles. The largest absolute Gasteiger partial charge is 0.608 e. The molecule has 0 fully saturated rings. The molecular formula is C6H13N5O. The summed E-state index contributed by atoms with van der Waals surface area (Å²) in [6, 6.07) is -0.729. The first kappa shape index (κ1) is 9.17. The first-order chi connectivity index (χ1) is 5.52. The van der Waals surface area contributed by atoms with Gasteiger partial charge in [-0.15, -0.1) is 0 Å². The molecule has 0 saturated carbocycles. The van der Waals surface area contributed by atoms with Gasteiger partial charge in [-0.3, -0.25) is 5.17 Å². The van der Waals surface area contributed by atoms with Crippen molar-refractivity contribution in [3.05, 3.63) is 28.8 Å². The van der Waals surface area contributed by atoms with E-state index in [0.717, 1.165) is 0 Å². The van der Waals surface area contributed by atoms with E-state index in [1.807, 2.05) is 0 Å². The fourth-order valence-corrected chi connectivity index (χ4v) is 1.03. The maximum Gasteiger partial charge on any atom is 0.170 e. The molecule has 68 valence electrons. The van der Waals surface area contributed by atoms with Crippen LogP contribution < -0.4 is 28.2 Å². The van der Waals surface area contributed by atoms with E-state index in [1.165, 1.54) is 12.2 Å². The Kier molecular flexibility index (Phi) is 2.46. The predicted octanol–water partition coefficient (Wildman–Crippen LogP) is -3.36. The highest BCUT2D eigenvalue weighted by molar-refractivity contribution is 5.31. The highest BCUT2D eigenvalue weighted by Gasteiger charge is 2.20. The van der Waals surface area contributed by atoms with Crippen LogP contribution in [0.1, 0.15) is 0 Å². The highest BCUT2D eigenvalue weighted by Crippen LogP contribution is 2.07. The molecule has 0 aromatic rings. The second-order valence-electron chi connectivity index (χ2n) is 2.72. The average molecular weight is 171 g/mol. The van der Waals surface area contributed by atoms with Gasteiger partial charge in [0.05, 0.1) is 5.70 Å². The SMILES string of the molecule is NC1=CC(N)C(N)C=C1[NH+](N)[O-]. The number of hydrogen-bond donors (Lipinski definition) is 5. The van der Waals surface area contributed by atoms with Gasteiger partial charge in [0.2, 0.25) is 0 Å². The molecular weight excluding hydrogens is 158 g/mol. The average Bonchev–Trinajstić information content (AvgIpc) is 1.96. The molecule has 1 rings (SSSR count). The molecule has 0 aliphatic heterocycles. The van der Waals surface area contributed by atoms with E-state index in [4.69, 9.17) is 23.0 Å². The summed E-state index contributed by atoms with van der Waals surface area (Å²) in [5, 5.41) is 10.2. The minimum atomic E-state index is -0.578. The Morgan fingerprint density at radius 3 is 2.25 bits per heavy atom. The molecule has 3 unspecified atom stereocenters. The van der Waals surface area contributed by atoms with Crippen molar-refractivity contribution in [2.75, 3.05) is 0 Å². The van der Waals surface area contributed by atoms with Gasteiger partial charge in [-0.1, -0.05) is 0 Å². The lowest BCUT2D eigenvalue weighted by Crippen LogP contribution is -3.11. The third kappa shape index (κ3) is 1.63. The Bertz CT molecular complexity index is 234. The molecule has 0 radical (unpaired) electrons. The van der Waals surface area contributed by atoms with Crippen molar-refractivity contribution in [1.29, 1.82) is 0 Å². The van der Waals surface area contributed by atoms with E-state index in [2.05, 4.69) is 0 Å². The van der Waals surface area contributed by atoms with Crippen molar-refractivity contribution >= 4 is 0 Å². The molecule has 0 aromatic heterocycles. The molecule has 12 heavy (non-hydrogen) atoms. The van der Waals surface area contributed by atoms with Gasteiger partial charge in [0.15, 0.2) is 5.70 Å². The number of rotatable bonds is 1. The first-order valence-electron chi connectivity index (χ1n) is 3.53. The molecule has 0 saturated heterocycles. The van der Waals surface area contributed by atoms with Gasteiger partial charge < -0.3 is 22.4 Å². The Morgan fingerprint density at radius 2 is 1.75 bits per heavy atom. The third-order valence-corrected chi connectivity index (χ3v) is 1.75. The molecule has 9 N–H and O–H groups in total. The lowest BCUT2D eigenvalue weighted by atomic mass is 10.0. The van der Waals surface area contributed by atoms with E-state index in [0.29, 0.717) is 5.70 Å². The molecule has 0 heterocycles. The molecule has 0 spiro atoms. The first-order valence-corrected chi connectivity index (χ1v) is 3.53. The van der Waals surface area contributed by atoms with Gasteiger partial charge >= 0.3 is 0 Å². The van der Waals surface area contributed by atoms with Gasteiger partial charge in [-0.05, 0) is 12.2 Å². The van der Waals surface area contributed by atoms with Crippen molar-refractivity contribution in [1.82, 2.24) is 0 Å². The summed E-state index contributed by atoms with van der Waals surface area (Å²) >= 11 is 0. The van der Waals surface area contributed by atoms with Crippen molar-refractivity contribution in [3.63, 3.8) is 0 Å². The van der Waals surface area contributed by atoms with Crippen LogP contribution >= 0.6 is 0 Å². The lowest BCUT2D eigenvalue weighted by molar-refractivity contribution is -0.817. The Labute approximate surface area is 70.0 Å². The van der Waals surface area contributed by atoms with Gasteiger partial charge in [0, 0.05) is 12.1 Å². The monoisotopic (exact) mass is 171 g/mol. The smallest absolute Gasteiger partial charge is 0.170 e. The zero-order chi connectivity index (χ0) is 9.30. The normalized spacial score (nSPS) is 32.3. The summed E-state index contributed by atoms with van der Waals surface area (Å²) < 4.78 is 0. The second-order valence-corrected chi connectivity index (χ2v) is 2.72. The lowest BCUT2D eigenvalue weighted by Gasteiger charge is -2.25. The molecule has 0 amide bonds. The summed E-state index contributed by atoms with van der Waals surface area (Å²) in [5.74, 6) is 5.04. The summed E-state index contributed by atoms with van der Waals surface area (Å²) in [7, 11) is 0. The molecule has 3 atom stereocenters. The highest BCUT2D eigenvalue weighted by atomic mass is 16.5. The summed E-state index contributed by atoms with van der Waals surface area (Å²) in [6.45, 7) is 0. The fraction of sp³-hybridized carbons (Fsp3) is 0.333. The third-order valence-electron chi connectivity index (χ3n) is 1.75. The van der Waals surface area contributed by atoms with Crippen LogP contribution in [0.5, 0.6) is 0 Å². The van der Waals surface area contributed by atoms with Crippen molar-refractivity contribution in [3.8, 4) is 0 Å². The van der Waals surface area contributed by atoms with Crippen LogP contribution in [-0.4, -0.2) is 12.1 Å². The Balaban J connectivity index is 2.89. The van der Waals surface area contributed by atoms with Gasteiger partial charge in [-0.2, -0.15) is 5.84 Å². The van der Waals surface area contributed by atoms with Crippen LogP contribution in [0.25, 0.3) is 0 Å². The Morgan fingerprint density at radius 1 is 1.25 bits per heavy atom. The van der Waals surface area contributed by atoms with E-state index < -0.39 is 5.17 Å². The molecule has 0 aromatic carbocycles. The second kappa shape index (κ2) is 3.21. The van der Waals surface area contributed by atoms with Gasteiger partial charge in [-0.25, -0.2) is 0 Å². The quantitative estimate of drug-likeness (QED) is 0.207. The van der Waals surface area contributed by atoms with Crippen molar-refractivity contribution in [2.45, 2.75) is 12.1 Å². The number of quaternary nitrogens is 1.